The Morgan fingerprint density at radius 2 is 2.00 bits per heavy atom. The molecule has 2 aromatic rings. The predicted molar refractivity (Wildman–Crippen MR) is 98.1 cm³/mol. The molecule has 6 nitrogen and oxygen atoms in total. The van der Waals surface area contributed by atoms with Crippen molar-refractivity contribution in [3.63, 3.8) is 0 Å². The van der Waals surface area contributed by atoms with Gasteiger partial charge in [-0.25, -0.2) is 4.79 Å². The zero-order valence-electron chi connectivity index (χ0n) is 14.2. The lowest BCUT2D eigenvalue weighted by atomic mass is 10.2. The summed E-state index contributed by atoms with van der Waals surface area (Å²) in [5, 5.41) is 4.87. The van der Waals surface area contributed by atoms with Gasteiger partial charge >= 0.3 is 5.97 Å². The van der Waals surface area contributed by atoms with E-state index in [0.29, 0.717) is 21.2 Å². The van der Waals surface area contributed by atoms with E-state index < -0.39 is 11.9 Å². The highest BCUT2D eigenvalue weighted by Gasteiger charge is 2.19. The summed E-state index contributed by atoms with van der Waals surface area (Å²) in [4.78, 5) is 37.1. The fourth-order valence-electron chi connectivity index (χ4n) is 2.04. The van der Waals surface area contributed by atoms with Gasteiger partial charge in [0.1, 0.15) is 15.6 Å². The molecule has 0 radical (unpaired) electrons. The highest BCUT2D eigenvalue weighted by Crippen LogP contribution is 2.29. The number of hydrogen-bond acceptors (Lipinski definition) is 7. The maximum absolute atomic E-state index is 12.2. The SMILES string of the molecule is CCOC(=O)c1cc(CC)sc1NC(=O)COc1ccsc1C(C)=O. The molecule has 0 aliphatic carbocycles. The van der Waals surface area contributed by atoms with Gasteiger partial charge in [0.15, 0.2) is 12.4 Å². The summed E-state index contributed by atoms with van der Waals surface area (Å²) in [5.41, 5.74) is 0.344. The molecular formula is C17H19NO5S2. The first-order valence-corrected chi connectivity index (χ1v) is 9.46. The Balaban J connectivity index is 2.04. The van der Waals surface area contributed by atoms with Crippen molar-refractivity contribution in [3.05, 3.63) is 32.8 Å². The van der Waals surface area contributed by atoms with Crippen molar-refractivity contribution in [2.45, 2.75) is 27.2 Å². The second-order valence-corrected chi connectivity index (χ2v) is 7.09. The van der Waals surface area contributed by atoms with Crippen molar-refractivity contribution < 1.29 is 23.9 Å². The molecule has 0 atom stereocenters. The lowest BCUT2D eigenvalue weighted by Crippen LogP contribution is -2.21. The minimum absolute atomic E-state index is 0.110. The van der Waals surface area contributed by atoms with Gasteiger partial charge < -0.3 is 14.8 Å². The molecular weight excluding hydrogens is 362 g/mol. The minimum Gasteiger partial charge on any atom is -0.482 e. The van der Waals surface area contributed by atoms with Crippen LogP contribution in [0.4, 0.5) is 5.00 Å². The maximum atomic E-state index is 12.2. The first kappa shape index (κ1) is 19.1. The zero-order valence-corrected chi connectivity index (χ0v) is 15.8. The summed E-state index contributed by atoms with van der Waals surface area (Å²) in [7, 11) is 0. The number of carbonyl (C=O) groups excluding carboxylic acids is 3. The molecule has 0 aliphatic heterocycles. The van der Waals surface area contributed by atoms with Crippen molar-refractivity contribution in [2.75, 3.05) is 18.5 Å². The number of aryl methyl sites for hydroxylation is 1. The molecule has 1 N–H and O–H groups in total. The number of anilines is 1. The van der Waals surface area contributed by atoms with Crippen LogP contribution in [-0.4, -0.2) is 30.9 Å². The van der Waals surface area contributed by atoms with E-state index >= 15 is 0 Å². The predicted octanol–water partition coefficient (Wildman–Crippen LogP) is 3.77. The number of ketones is 1. The molecule has 8 heteroatoms. The second kappa shape index (κ2) is 8.77. The average Bonchev–Trinajstić information content (AvgIpc) is 3.19. The first-order chi connectivity index (χ1) is 12.0. The van der Waals surface area contributed by atoms with Gasteiger partial charge in [-0.1, -0.05) is 6.92 Å². The number of amides is 1. The second-order valence-electron chi connectivity index (χ2n) is 5.04. The Morgan fingerprint density at radius 3 is 2.64 bits per heavy atom. The third kappa shape index (κ3) is 4.90. The molecule has 2 rings (SSSR count). The third-order valence-electron chi connectivity index (χ3n) is 3.19. The van der Waals surface area contributed by atoms with Crippen LogP contribution in [0.1, 0.15) is 45.7 Å². The normalized spacial score (nSPS) is 10.4. The fraction of sp³-hybridized carbons (Fsp3) is 0.353. The lowest BCUT2D eigenvalue weighted by molar-refractivity contribution is -0.118. The quantitative estimate of drug-likeness (QED) is 0.556. The Hall–Kier alpha value is -2.19. The Morgan fingerprint density at radius 1 is 1.24 bits per heavy atom. The number of thiophene rings is 2. The first-order valence-electron chi connectivity index (χ1n) is 7.77. The van der Waals surface area contributed by atoms with Crippen LogP contribution < -0.4 is 10.1 Å². The van der Waals surface area contributed by atoms with Crippen molar-refractivity contribution in [1.82, 2.24) is 0 Å². The van der Waals surface area contributed by atoms with E-state index in [0.717, 1.165) is 11.3 Å². The van der Waals surface area contributed by atoms with E-state index in [4.69, 9.17) is 9.47 Å². The number of rotatable bonds is 8. The molecule has 0 saturated carbocycles. The highest BCUT2D eigenvalue weighted by atomic mass is 32.1. The van der Waals surface area contributed by atoms with Crippen LogP contribution in [-0.2, 0) is 16.0 Å². The van der Waals surface area contributed by atoms with E-state index in [9.17, 15) is 14.4 Å². The molecule has 25 heavy (non-hydrogen) atoms. The van der Waals surface area contributed by atoms with Crippen LogP contribution in [0.15, 0.2) is 17.5 Å². The van der Waals surface area contributed by atoms with Crippen molar-refractivity contribution in [1.29, 1.82) is 0 Å². The number of hydrogen-bond donors (Lipinski definition) is 1. The van der Waals surface area contributed by atoms with Crippen LogP contribution in [0.2, 0.25) is 0 Å². The standard InChI is InChI=1S/C17H19NO5S2/c1-4-11-8-12(17(21)22-5-2)16(25-11)18-14(20)9-23-13-6-7-24-15(13)10(3)19/h6-8H,4-5,9H2,1-3H3,(H,18,20). The van der Waals surface area contributed by atoms with Gasteiger partial charge in [0, 0.05) is 11.8 Å². The summed E-state index contributed by atoms with van der Waals surface area (Å²) in [5.74, 6) is -0.596. The molecule has 0 aliphatic rings. The zero-order chi connectivity index (χ0) is 18.4. The highest BCUT2D eigenvalue weighted by molar-refractivity contribution is 7.16. The van der Waals surface area contributed by atoms with Gasteiger partial charge in [0.25, 0.3) is 5.91 Å². The van der Waals surface area contributed by atoms with E-state index in [1.807, 2.05) is 6.92 Å². The smallest absolute Gasteiger partial charge is 0.341 e. The molecule has 0 bridgehead atoms. The number of Topliss-reactive ketones (excluding diaryl/α,β-unsaturated/α-hetero) is 1. The molecule has 2 heterocycles. The molecule has 0 aromatic carbocycles. The molecule has 0 saturated heterocycles. The maximum Gasteiger partial charge on any atom is 0.341 e. The van der Waals surface area contributed by atoms with Crippen molar-refractivity contribution in [3.8, 4) is 5.75 Å². The number of carbonyl (C=O) groups is 3. The van der Waals surface area contributed by atoms with E-state index in [-0.39, 0.29) is 19.0 Å². The Kier molecular flexibility index (Phi) is 6.72. The Bertz CT molecular complexity index is 778. The number of nitrogens with one attached hydrogen (secondary N) is 1. The van der Waals surface area contributed by atoms with Gasteiger partial charge in [0.2, 0.25) is 0 Å². The summed E-state index contributed by atoms with van der Waals surface area (Å²) < 4.78 is 10.4. The monoisotopic (exact) mass is 381 g/mol. The topological polar surface area (TPSA) is 81.7 Å². The van der Waals surface area contributed by atoms with Crippen molar-refractivity contribution in [2.24, 2.45) is 0 Å². The molecule has 134 valence electrons. The van der Waals surface area contributed by atoms with Crippen LogP contribution >= 0.6 is 22.7 Å². The molecule has 2 aromatic heterocycles. The summed E-state index contributed by atoms with van der Waals surface area (Å²) in [6.45, 7) is 5.15. The Labute approximate surface area is 153 Å². The minimum atomic E-state index is -0.466. The van der Waals surface area contributed by atoms with Crippen LogP contribution in [0.25, 0.3) is 0 Å². The lowest BCUT2D eigenvalue weighted by Gasteiger charge is -2.08. The number of ether oxygens (including phenoxy) is 2. The largest absolute Gasteiger partial charge is 0.482 e. The van der Waals surface area contributed by atoms with Crippen LogP contribution in [0.3, 0.4) is 0 Å². The molecule has 0 spiro atoms. The van der Waals surface area contributed by atoms with Crippen LogP contribution in [0, 0.1) is 0 Å². The van der Waals surface area contributed by atoms with Crippen LogP contribution in [0.5, 0.6) is 5.75 Å². The van der Waals surface area contributed by atoms with E-state index in [1.54, 1.807) is 24.4 Å². The molecule has 0 fully saturated rings. The molecule has 0 unspecified atom stereocenters. The summed E-state index contributed by atoms with van der Waals surface area (Å²) >= 11 is 2.60. The van der Waals surface area contributed by atoms with Gasteiger partial charge in [-0.15, -0.1) is 22.7 Å². The van der Waals surface area contributed by atoms with Gasteiger partial charge in [-0.2, -0.15) is 0 Å². The summed E-state index contributed by atoms with van der Waals surface area (Å²) in [6.07, 6.45) is 0.750. The van der Waals surface area contributed by atoms with E-state index in [1.165, 1.54) is 29.6 Å². The third-order valence-corrected chi connectivity index (χ3v) is 5.38. The van der Waals surface area contributed by atoms with Crippen molar-refractivity contribution >= 4 is 45.3 Å². The van der Waals surface area contributed by atoms with Gasteiger partial charge in [-0.05, 0) is 30.9 Å². The molecule has 1 amide bonds. The fourth-order valence-corrected chi connectivity index (χ4v) is 3.78. The number of esters is 1. The van der Waals surface area contributed by atoms with Gasteiger partial charge in [-0.3, -0.25) is 9.59 Å². The van der Waals surface area contributed by atoms with Gasteiger partial charge in [0.05, 0.1) is 12.2 Å². The van der Waals surface area contributed by atoms with E-state index in [2.05, 4.69) is 5.32 Å². The average molecular weight is 381 g/mol. The summed E-state index contributed by atoms with van der Waals surface area (Å²) in [6, 6.07) is 3.38.